The Balaban J connectivity index is 1.25. The maximum Gasteiger partial charge on any atom is 0.255 e. The van der Waals surface area contributed by atoms with Crippen LogP contribution in [0.4, 0.5) is 0 Å². The standard InChI is InChI=1S/C24H22N4O3S2/c29-21-9-8-19(23(30)26-21)28-13-18-17(24(28)31)6-5-7-20(18)32-15-22-25-16(14-33-22)12-27-10-3-1-2-4-11-27/h1-7,10-11,14,19H,8-9,12-13,15H2,(H,26,29,30). The molecule has 3 amide bonds. The van der Waals surface area contributed by atoms with Gasteiger partial charge in [-0.3, -0.25) is 19.7 Å². The Hall–Kier alpha value is -3.17. The van der Waals surface area contributed by atoms with Crippen molar-refractivity contribution in [3.8, 4) is 0 Å². The number of rotatable bonds is 6. The number of aromatic nitrogens is 1. The number of fused-ring (bicyclic) bond motifs is 1. The van der Waals surface area contributed by atoms with Crippen molar-refractivity contribution < 1.29 is 14.4 Å². The van der Waals surface area contributed by atoms with E-state index in [9.17, 15) is 14.4 Å². The molecular weight excluding hydrogens is 456 g/mol. The predicted molar refractivity (Wildman–Crippen MR) is 127 cm³/mol. The number of allylic oxidation sites excluding steroid dienone is 4. The molecule has 7 nitrogen and oxygen atoms in total. The first-order valence-corrected chi connectivity index (χ1v) is 12.5. The second kappa shape index (κ2) is 9.36. The Morgan fingerprint density at radius 1 is 1.12 bits per heavy atom. The number of nitrogens with zero attached hydrogens (tertiary/aromatic N) is 3. The molecule has 1 unspecified atom stereocenters. The number of thiazole rings is 1. The van der Waals surface area contributed by atoms with Crippen molar-refractivity contribution in [1.82, 2.24) is 20.1 Å². The number of carbonyl (C=O) groups excluding carboxylic acids is 3. The van der Waals surface area contributed by atoms with Crippen LogP contribution < -0.4 is 5.32 Å². The van der Waals surface area contributed by atoms with E-state index in [1.807, 2.05) is 54.9 Å². The lowest BCUT2D eigenvalue weighted by Gasteiger charge is -2.29. The molecule has 4 heterocycles. The van der Waals surface area contributed by atoms with E-state index in [-0.39, 0.29) is 24.1 Å². The third-order valence-electron chi connectivity index (χ3n) is 5.72. The zero-order valence-electron chi connectivity index (χ0n) is 17.8. The van der Waals surface area contributed by atoms with Gasteiger partial charge in [-0.25, -0.2) is 4.98 Å². The average Bonchev–Trinajstić information content (AvgIpc) is 3.28. The molecule has 1 N–H and O–H groups in total. The van der Waals surface area contributed by atoms with Crippen molar-refractivity contribution in [1.29, 1.82) is 0 Å². The average molecular weight is 479 g/mol. The number of hydrogen-bond acceptors (Lipinski definition) is 7. The van der Waals surface area contributed by atoms with Gasteiger partial charge in [0.1, 0.15) is 11.0 Å². The fourth-order valence-corrected chi connectivity index (χ4v) is 6.00. The molecule has 2 aromatic rings. The minimum absolute atomic E-state index is 0.147. The minimum atomic E-state index is -0.598. The topological polar surface area (TPSA) is 82.6 Å². The number of carbonyl (C=O) groups is 3. The molecule has 1 fully saturated rings. The van der Waals surface area contributed by atoms with Gasteiger partial charge < -0.3 is 9.80 Å². The summed E-state index contributed by atoms with van der Waals surface area (Å²) >= 11 is 3.29. The number of thioether (sulfide) groups is 1. The van der Waals surface area contributed by atoms with Gasteiger partial charge >= 0.3 is 0 Å². The Morgan fingerprint density at radius 2 is 1.94 bits per heavy atom. The van der Waals surface area contributed by atoms with E-state index in [1.165, 1.54) is 0 Å². The SMILES string of the molecule is O=C1CCC(N2Cc3c(SCc4nc(CN5C=CC=CC=C5)cs4)cccc3C2=O)C(=O)N1. The smallest absolute Gasteiger partial charge is 0.255 e. The summed E-state index contributed by atoms with van der Waals surface area (Å²) in [7, 11) is 0. The van der Waals surface area contributed by atoms with E-state index in [1.54, 1.807) is 28.0 Å². The van der Waals surface area contributed by atoms with Crippen LogP contribution in [-0.4, -0.2) is 38.5 Å². The highest BCUT2D eigenvalue weighted by atomic mass is 32.2. The molecule has 3 aliphatic rings. The molecule has 0 radical (unpaired) electrons. The molecule has 1 saturated heterocycles. The second-order valence-electron chi connectivity index (χ2n) is 7.94. The van der Waals surface area contributed by atoms with Crippen LogP contribution in [0.1, 0.15) is 39.5 Å². The molecule has 3 aliphatic heterocycles. The molecule has 1 atom stereocenters. The molecule has 0 saturated carbocycles. The van der Waals surface area contributed by atoms with E-state index in [0.29, 0.717) is 30.8 Å². The molecule has 0 spiro atoms. The molecular formula is C24H22N4O3S2. The number of hydrogen-bond donors (Lipinski definition) is 1. The van der Waals surface area contributed by atoms with Gasteiger partial charge in [0, 0.05) is 41.2 Å². The van der Waals surface area contributed by atoms with Gasteiger partial charge in [-0.15, -0.1) is 23.1 Å². The number of piperidine rings is 1. The van der Waals surface area contributed by atoms with Crippen molar-refractivity contribution in [2.24, 2.45) is 0 Å². The number of amides is 3. The number of benzene rings is 1. The summed E-state index contributed by atoms with van der Waals surface area (Å²) in [6.45, 7) is 1.10. The summed E-state index contributed by atoms with van der Waals surface area (Å²) in [5.41, 5.74) is 2.60. The van der Waals surface area contributed by atoms with Gasteiger partial charge in [-0.05, 0) is 36.3 Å². The summed E-state index contributed by atoms with van der Waals surface area (Å²) in [6.07, 6.45) is 12.6. The molecule has 168 valence electrons. The number of nitrogens with one attached hydrogen (secondary N) is 1. The molecule has 1 aromatic heterocycles. The Kier molecular flexibility index (Phi) is 6.15. The fraction of sp³-hybridized carbons (Fsp3) is 0.250. The van der Waals surface area contributed by atoms with Gasteiger partial charge in [0.15, 0.2) is 0 Å². The van der Waals surface area contributed by atoms with Gasteiger partial charge in [0.25, 0.3) is 5.91 Å². The molecule has 0 bridgehead atoms. The third-order valence-corrected chi connectivity index (χ3v) is 7.91. The zero-order chi connectivity index (χ0) is 22.8. The van der Waals surface area contributed by atoms with E-state index in [0.717, 1.165) is 21.2 Å². The Labute approximate surface area is 199 Å². The lowest BCUT2D eigenvalue weighted by atomic mass is 10.0. The summed E-state index contributed by atoms with van der Waals surface area (Å²) in [4.78, 5) is 46.2. The molecule has 9 heteroatoms. The highest BCUT2D eigenvalue weighted by Crippen LogP contribution is 2.36. The van der Waals surface area contributed by atoms with E-state index < -0.39 is 6.04 Å². The first kappa shape index (κ1) is 21.7. The van der Waals surface area contributed by atoms with Crippen molar-refractivity contribution in [2.45, 2.75) is 42.6 Å². The van der Waals surface area contributed by atoms with Crippen LogP contribution >= 0.6 is 23.1 Å². The Morgan fingerprint density at radius 3 is 2.73 bits per heavy atom. The monoisotopic (exact) mass is 478 g/mol. The highest BCUT2D eigenvalue weighted by molar-refractivity contribution is 7.98. The largest absolute Gasteiger partial charge is 0.348 e. The molecule has 1 aromatic carbocycles. The van der Waals surface area contributed by atoms with Gasteiger partial charge in [-0.1, -0.05) is 18.2 Å². The number of imide groups is 1. The quantitative estimate of drug-likeness (QED) is 0.505. The maximum atomic E-state index is 13.0. The van der Waals surface area contributed by atoms with E-state index >= 15 is 0 Å². The van der Waals surface area contributed by atoms with Crippen LogP contribution in [0.3, 0.4) is 0 Å². The summed E-state index contributed by atoms with van der Waals surface area (Å²) < 4.78 is 0. The van der Waals surface area contributed by atoms with Crippen LogP contribution in [0.15, 0.2) is 65.2 Å². The fourth-order valence-electron chi connectivity index (χ4n) is 4.11. The lowest BCUT2D eigenvalue weighted by Crippen LogP contribution is -2.52. The molecule has 33 heavy (non-hydrogen) atoms. The van der Waals surface area contributed by atoms with Crippen LogP contribution in [-0.2, 0) is 28.4 Å². The van der Waals surface area contributed by atoms with Crippen LogP contribution in [0.2, 0.25) is 0 Å². The van der Waals surface area contributed by atoms with Crippen LogP contribution in [0.5, 0.6) is 0 Å². The lowest BCUT2D eigenvalue weighted by molar-refractivity contribution is -0.136. The van der Waals surface area contributed by atoms with Crippen LogP contribution in [0, 0.1) is 0 Å². The minimum Gasteiger partial charge on any atom is -0.348 e. The van der Waals surface area contributed by atoms with Crippen molar-refractivity contribution in [2.75, 3.05) is 0 Å². The first-order chi connectivity index (χ1) is 16.1. The second-order valence-corrected chi connectivity index (χ2v) is 9.90. The molecule has 5 rings (SSSR count). The summed E-state index contributed by atoms with van der Waals surface area (Å²) in [5.74, 6) is -0.103. The first-order valence-electron chi connectivity index (χ1n) is 10.7. The van der Waals surface area contributed by atoms with Crippen molar-refractivity contribution in [3.63, 3.8) is 0 Å². The maximum absolute atomic E-state index is 13.0. The van der Waals surface area contributed by atoms with E-state index in [4.69, 9.17) is 4.98 Å². The van der Waals surface area contributed by atoms with Crippen LogP contribution in [0.25, 0.3) is 0 Å². The van der Waals surface area contributed by atoms with Crippen molar-refractivity contribution >= 4 is 40.8 Å². The van der Waals surface area contributed by atoms with Gasteiger partial charge in [0.05, 0.1) is 18.0 Å². The predicted octanol–water partition coefficient (Wildman–Crippen LogP) is 3.60. The van der Waals surface area contributed by atoms with Gasteiger partial charge in [-0.2, -0.15) is 0 Å². The highest BCUT2D eigenvalue weighted by Gasteiger charge is 2.39. The summed E-state index contributed by atoms with van der Waals surface area (Å²) in [5, 5.41) is 5.46. The normalized spacial score (nSPS) is 19.8. The van der Waals surface area contributed by atoms with Crippen molar-refractivity contribution in [3.05, 3.63) is 82.1 Å². The Bertz CT molecular complexity index is 1180. The van der Waals surface area contributed by atoms with E-state index in [2.05, 4.69) is 15.6 Å². The third kappa shape index (κ3) is 4.65. The zero-order valence-corrected chi connectivity index (χ0v) is 19.4. The molecule has 0 aliphatic carbocycles. The van der Waals surface area contributed by atoms with Gasteiger partial charge in [0.2, 0.25) is 11.8 Å². The summed E-state index contributed by atoms with van der Waals surface area (Å²) in [6, 6.07) is 5.11.